The molecule has 4 rings (SSSR count). The third-order valence-electron chi connectivity index (χ3n) is 7.99. The zero-order valence-electron chi connectivity index (χ0n) is 22.0. The summed E-state index contributed by atoms with van der Waals surface area (Å²) in [6.45, 7) is 14.9. The van der Waals surface area contributed by atoms with Crippen LogP contribution in [-0.4, -0.2) is 105 Å². The minimum absolute atomic E-state index is 0.439. The zero-order valence-corrected chi connectivity index (χ0v) is 22.0. The standard InChI is InChI=1S/C27H49N7O/c1-23-8-9-27(30-11-5-10-29-24-6-3-2-4-7-24)31-26(28)22-25(23)34-16-14-32(15-17-34)12-13-33-18-20-35-21-19-33/h9,22-24,29-30H,2-8,10-21H2,1H3,(H2,28,31)/b25-22+,27-9+. The van der Waals surface area contributed by atoms with Gasteiger partial charge < -0.3 is 26.0 Å². The first kappa shape index (κ1) is 26.5. The van der Waals surface area contributed by atoms with Gasteiger partial charge >= 0.3 is 0 Å². The fraction of sp³-hybridized carbons (Fsp3) is 0.815. The van der Waals surface area contributed by atoms with E-state index in [4.69, 9.17) is 15.5 Å². The summed E-state index contributed by atoms with van der Waals surface area (Å²) in [6.07, 6.45) is 13.3. The summed E-state index contributed by atoms with van der Waals surface area (Å²) in [4.78, 5) is 12.3. The average molecular weight is 488 g/mol. The monoisotopic (exact) mass is 487 g/mol. The molecule has 35 heavy (non-hydrogen) atoms. The van der Waals surface area contributed by atoms with Crippen LogP contribution < -0.4 is 16.4 Å². The Morgan fingerprint density at radius 1 is 0.971 bits per heavy atom. The Kier molecular flexibility index (Phi) is 10.7. The van der Waals surface area contributed by atoms with E-state index in [1.165, 1.54) is 37.8 Å². The van der Waals surface area contributed by atoms with Crippen molar-refractivity contribution in [1.82, 2.24) is 25.3 Å². The first-order chi connectivity index (χ1) is 17.2. The second-order valence-corrected chi connectivity index (χ2v) is 10.7. The van der Waals surface area contributed by atoms with E-state index in [9.17, 15) is 0 Å². The molecule has 1 saturated carbocycles. The quantitative estimate of drug-likeness (QED) is 0.407. The molecule has 3 fully saturated rings. The van der Waals surface area contributed by atoms with Gasteiger partial charge in [-0.05, 0) is 50.3 Å². The second kappa shape index (κ2) is 14.2. The first-order valence-corrected chi connectivity index (χ1v) is 14.2. The molecule has 0 radical (unpaired) electrons. The molecule has 0 aromatic carbocycles. The molecule has 3 aliphatic heterocycles. The van der Waals surface area contributed by atoms with E-state index in [1.807, 2.05) is 0 Å². The van der Waals surface area contributed by atoms with Crippen molar-refractivity contribution in [1.29, 1.82) is 0 Å². The summed E-state index contributed by atoms with van der Waals surface area (Å²) in [5, 5.41) is 7.23. The molecule has 4 N–H and O–H groups in total. The maximum Gasteiger partial charge on any atom is 0.127 e. The second-order valence-electron chi connectivity index (χ2n) is 10.7. The summed E-state index contributed by atoms with van der Waals surface area (Å²) in [6, 6.07) is 0.731. The summed E-state index contributed by atoms with van der Waals surface area (Å²) < 4.78 is 5.47. The molecule has 2 saturated heterocycles. The molecule has 0 spiro atoms. The lowest BCUT2D eigenvalue weighted by atomic mass is 9.95. The summed E-state index contributed by atoms with van der Waals surface area (Å²) >= 11 is 0. The lowest BCUT2D eigenvalue weighted by Crippen LogP contribution is -2.49. The van der Waals surface area contributed by atoms with E-state index < -0.39 is 0 Å². The normalized spacial score (nSPS) is 30.4. The van der Waals surface area contributed by atoms with Gasteiger partial charge in [-0.15, -0.1) is 0 Å². The zero-order chi connectivity index (χ0) is 24.3. The highest BCUT2D eigenvalue weighted by Gasteiger charge is 2.23. The maximum atomic E-state index is 6.37. The number of amidine groups is 1. The van der Waals surface area contributed by atoms with Gasteiger partial charge in [0.15, 0.2) is 0 Å². The minimum Gasteiger partial charge on any atom is -0.384 e. The van der Waals surface area contributed by atoms with Crippen LogP contribution in [-0.2, 0) is 4.74 Å². The Hall–Kier alpha value is -1.61. The largest absolute Gasteiger partial charge is 0.384 e. The van der Waals surface area contributed by atoms with E-state index in [-0.39, 0.29) is 0 Å². The van der Waals surface area contributed by atoms with E-state index in [0.717, 1.165) is 103 Å². The van der Waals surface area contributed by atoms with Crippen LogP contribution in [0, 0.1) is 5.92 Å². The molecule has 8 nitrogen and oxygen atoms in total. The smallest absolute Gasteiger partial charge is 0.127 e. The highest BCUT2D eigenvalue weighted by Crippen LogP contribution is 2.23. The fourth-order valence-corrected chi connectivity index (χ4v) is 5.69. The topological polar surface area (TPSA) is 81.4 Å². The van der Waals surface area contributed by atoms with E-state index in [2.05, 4.69) is 44.4 Å². The van der Waals surface area contributed by atoms with Crippen LogP contribution in [0.25, 0.3) is 0 Å². The number of hydrogen-bond acceptors (Lipinski definition) is 8. The maximum absolute atomic E-state index is 6.37. The summed E-state index contributed by atoms with van der Waals surface area (Å²) in [7, 11) is 0. The van der Waals surface area contributed by atoms with Gasteiger partial charge in [0.2, 0.25) is 0 Å². The van der Waals surface area contributed by atoms with Gasteiger partial charge in [-0.3, -0.25) is 9.80 Å². The Morgan fingerprint density at radius 2 is 1.69 bits per heavy atom. The number of nitrogens with one attached hydrogen (secondary N) is 2. The molecular formula is C27H49N7O. The van der Waals surface area contributed by atoms with Crippen LogP contribution in [0.2, 0.25) is 0 Å². The Bertz CT molecular complexity index is 717. The van der Waals surface area contributed by atoms with Gasteiger partial charge in [-0.1, -0.05) is 26.2 Å². The number of piperazine rings is 1. The Morgan fingerprint density at radius 3 is 2.43 bits per heavy atom. The number of allylic oxidation sites excluding steroid dienone is 2. The molecule has 198 valence electrons. The number of nitrogens with zero attached hydrogens (tertiary/aromatic N) is 4. The number of aliphatic imine (C=N–C) groups is 1. The minimum atomic E-state index is 0.439. The van der Waals surface area contributed by atoms with Crippen LogP contribution in [0.1, 0.15) is 51.9 Å². The average Bonchev–Trinajstić information content (AvgIpc) is 2.89. The van der Waals surface area contributed by atoms with Gasteiger partial charge in [-0.2, -0.15) is 0 Å². The van der Waals surface area contributed by atoms with Crippen molar-refractivity contribution < 1.29 is 4.74 Å². The van der Waals surface area contributed by atoms with Crippen molar-refractivity contribution in [3.05, 3.63) is 23.7 Å². The third kappa shape index (κ3) is 8.77. The first-order valence-electron chi connectivity index (χ1n) is 14.2. The van der Waals surface area contributed by atoms with E-state index in [0.29, 0.717) is 11.8 Å². The predicted octanol–water partition coefficient (Wildman–Crippen LogP) is 1.96. The molecule has 8 heteroatoms. The van der Waals surface area contributed by atoms with Crippen LogP contribution in [0.15, 0.2) is 28.7 Å². The molecule has 1 atom stereocenters. The molecule has 3 heterocycles. The Labute approximate surface area is 213 Å². The van der Waals surface area contributed by atoms with Gasteiger partial charge in [0.25, 0.3) is 0 Å². The lowest BCUT2D eigenvalue weighted by Gasteiger charge is -2.40. The highest BCUT2D eigenvalue weighted by atomic mass is 16.5. The summed E-state index contributed by atoms with van der Waals surface area (Å²) in [5.74, 6) is 1.98. The van der Waals surface area contributed by atoms with Crippen LogP contribution in [0.4, 0.5) is 0 Å². The molecule has 1 aliphatic carbocycles. The highest BCUT2D eigenvalue weighted by molar-refractivity contribution is 5.92. The number of morpholine rings is 1. The van der Waals surface area contributed by atoms with E-state index in [1.54, 1.807) is 0 Å². The molecule has 0 aromatic rings. The summed E-state index contributed by atoms with van der Waals surface area (Å²) in [5.41, 5.74) is 7.71. The lowest BCUT2D eigenvalue weighted by molar-refractivity contribution is 0.0306. The van der Waals surface area contributed by atoms with Crippen molar-refractivity contribution in [3.63, 3.8) is 0 Å². The number of ether oxygens (including phenoxy) is 1. The van der Waals surface area contributed by atoms with Crippen molar-refractivity contribution in [2.24, 2.45) is 16.6 Å². The van der Waals surface area contributed by atoms with Crippen molar-refractivity contribution in [2.75, 3.05) is 78.7 Å². The van der Waals surface area contributed by atoms with Crippen LogP contribution in [0.3, 0.4) is 0 Å². The predicted molar refractivity (Wildman–Crippen MR) is 144 cm³/mol. The number of rotatable bonds is 10. The SMILES string of the molecule is CC1C/C=C(NCCCNC2CCCCC2)/N=C(N)\C=C/1N1CCN(CCN2CCOCC2)CC1. The Balaban J connectivity index is 1.18. The molecule has 4 aliphatic rings. The van der Waals surface area contributed by atoms with Crippen molar-refractivity contribution in [2.45, 2.75) is 57.9 Å². The van der Waals surface area contributed by atoms with Gasteiger partial charge in [-0.25, -0.2) is 4.99 Å². The molecule has 1 unspecified atom stereocenters. The van der Waals surface area contributed by atoms with Gasteiger partial charge in [0, 0.05) is 70.6 Å². The van der Waals surface area contributed by atoms with E-state index >= 15 is 0 Å². The molecule has 0 aromatic heterocycles. The number of nitrogens with two attached hydrogens (primary N) is 1. The molecule has 0 bridgehead atoms. The number of hydrogen-bond donors (Lipinski definition) is 3. The fourth-order valence-electron chi connectivity index (χ4n) is 5.69. The molecular weight excluding hydrogens is 438 g/mol. The van der Waals surface area contributed by atoms with Crippen LogP contribution in [0.5, 0.6) is 0 Å². The van der Waals surface area contributed by atoms with Crippen molar-refractivity contribution in [3.8, 4) is 0 Å². The van der Waals surface area contributed by atoms with Crippen LogP contribution >= 0.6 is 0 Å². The van der Waals surface area contributed by atoms with Gasteiger partial charge in [0.05, 0.1) is 13.2 Å². The van der Waals surface area contributed by atoms with Gasteiger partial charge in [0.1, 0.15) is 11.7 Å². The third-order valence-corrected chi connectivity index (χ3v) is 7.99. The molecule has 0 amide bonds. The van der Waals surface area contributed by atoms with Crippen molar-refractivity contribution >= 4 is 5.84 Å².